The van der Waals surface area contributed by atoms with Gasteiger partial charge < -0.3 is 9.80 Å². The maximum absolute atomic E-state index is 13.4. The predicted molar refractivity (Wildman–Crippen MR) is 97.8 cm³/mol. The Bertz CT molecular complexity index is 497. The van der Waals surface area contributed by atoms with E-state index in [0.717, 1.165) is 76.0 Å². The topological polar surface area (TPSA) is 40.6 Å². The molecule has 0 aromatic heterocycles. The molecule has 0 spiro atoms. The highest BCUT2D eigenvalue weighted by Gasteiger charge is 2.55. The van der Waals surface area contributed by atoms with Crippen LogP contribution in [0.4, 0.5) is 0 Å². The van der Waals surface area contributed by atoms with E-state index in [9.17, 15) is 9.59 Å². The molecule has 1 saturated heterocycles. The minimum Gasteiger partial charge on any atom is -0.339 e. The molecule has 5 rings (SSSR count). The molecule has 4 nitrogen and oxygen atoms in total. The highest BCUT2D eigenvalue weighted by Crippen LogP contribution is 2.60. The number of amides is 2. The van der Waals surface area contributed by atoms with Gasteiger partial charge in [0.15, 0.2) is 0 Å². The largest absolute Gasteiger partial charge is 0.339 e. The number of hydrogen-bond acceptors (Lipinski definition) is 2. The number of carbonyl (C=O) groups is 2. The first-order valence-corrected chi connectivity index (χ1v) is 10.6. The van der Waals surface area contributed by atoms with Gasteiger partial charge >= 0.3 is 0 Å². The predicted octanol–water partition coefficient (Wildman–Crippen LogP) is 3.31. The SMILES string of the molecule is CCC(CC)C(=O)N1CCN(C(=O)C23CC4CC(CC(C4)C2)C3)CC1. The van der Waals surface area contributed by atoms with E-state index in [4.69, 9.17) is 0 Å². The van der Waals surface area contributed by atoms with Crippen LogP contribution in [0.15, 0.2) is 0 Å². The summed E-state index contributed by atoms with van der Waals surface area (Å²) >= 11 is 0. The Labute approximate surface area is 152 Å². The molecule has 0 aromatic rings. The van der Waals surface area contributed by atoms with Gasteiger partial charge in [0.05, 0.1) is 5.41 Å². The average Bonchev–Trinajstić information content (AvgIpc) is 2.61. The molecule has 4 saturated carbocycles. The lowest BCUT2D eigenvalue weighted by molar-refractivity contribution is -0.161. The van der Waals surface area contributed by atoms with Crippen molar-refractivity contribution >= 4 is 11.8 Å². The van der Waals surface area contributed by atoms with Crippen LogP contribution in [0.5, 0.6) is 0 Å². The normalized spacial score (nSPS) is 37.0. The van der Waals surface area contributed by atoms with Crippen molar-refractivity contribution in [3.8, 4) is 0 Å². The second-order valence-electron chi connectivity index (χ2n) is 9.33. The van der Waals surface area contributed by atoms with Gasteiger partial charge in [0.25, 0.3) is 0 Å². The summed E-state index contributed by atoms with van der Waals surface area (Å²) in [6.45, 7) is 7.14. The number of carbonyl (C=O) groups excluding carboxylic acids is 2. The zero-order valence-corrected chi connectivity index (χ0v) is 16.0. The van der Waals surface area contributed by atoms with Gasteiger partial charge in [-0.25, -0.2) is 0 Å². The van der Waals surface area contributed by atoms with Gasteiger partial charge in [-0.05, 0) is 69.1 Å². The smallest absolute Gasteiger partial charge is 0.228 e. The number of rotatable bonds is 4. The Morgan fingerprint density at radius 2 is 1.28 bits per heavy atom. The van der Waals surface area contributed by atoms with Crippen LogP contribution in [-0.2, 0) is 9.59 Å². The van der Waals surface area contributed by atoms with Gasteiger partial charge in [0, 0.05) is 32.1 Å². The highest BCUT2D eigenvalue weighted by molar-refractivity contribution is 5.84. The van der Waals surface area contributed by atoms with Gasteiger partial charge in [-0.2, -0.15) is 0 Å². The van der Waals surface area contributed by atoms with Gasteiger partial charge in [-0.3, -0.25) is 9.59 Å². The van der Waals surface area contributed by atoms with E-state index in [1.165, 1.54) is 19.3 Å². The van der Waals surface area contributed by atoms with Crippen molar-refractivity contribution < 1.29 is 9.59 Å². The third kappa shape index (κ3) is 3.00. The summed E-state index contributed by atoms with van der Waals surface area (Å²) in [5.74, 6) is 3.33. The van der Waals surface area contributed by atoms with Crippen LogP contribution >= 0.6 is 0 Å². The van der Waals surface area contributed by atoms with E-state index in [1.54, 1.807) is 0 Å². The van der Waals surface area contributed by atoms with Gasteiger partial charge in [-0.1, -0.05) is 13.8 Å². The van der Waals surface area contributed by atoms with Crippen LogP contribution in [0.3, 0.4) is 0 Å². The van der Waals surface area contributed by atoms with Crippen LogP contribution in [0.2, 0.25) is 0 Å². The molecule has 5 fully saturated rings. The van der Waals surface area contributed by atoms with Crippen LogP contribution in [0, 0.1) is 29.1 Å². The summed E-state index contributed by atoms with van der Waals surface area (Å²) in [5, 5.41) is 0. The quantitative estimate of drug-likeness (QED) is 0.783. The Morgan fingerprint density at radius 3 is 1.72 bits per heavy atom. The molecule has 0 N–H and O–H groups in total. The molecule has 4 aliphatic carbocycles. The lowest BCUT2D eigenvalue weighted by Gasteiger charge is -2.57. The zero-order chi connectivity index (χ0) is 17.6. The van der Waals surface area contributed by atoms with E-state index in [-0.39, 0.29) is 11.3 Å². The maximum Gasteiger partial charge on any atom is 0.228 e. The molecular formula is C21H34N2O2. The van der Waals surface area contributed by atoms with Crippen molar-refractivity contribution in [3.05, 3.63) is 0 Å². The third-order valence-electron chi connectivity index (χ3n) is 7.71. The molecule has 140 valence electrons. The summed E-state index contributed by atoms with van der Waals surface area (Å²) in [4.78, 5) is 30.1. The number of nitrogens with zero attached hydrogens (tertiary/aromatic N) is 2. The lowest BCUT2D eigenvalue weighted by Crippen LogP contribution is -2.59. The van der Waals surface area contributed by atoms with Crippen molar-refractivity contribution in [1.29, 1.82) is 0 Å². The molecule has 1 aliphatic heterocycles. The Hall–Kier alpha value is -1.06. The molecule has 0 unspecified atom stereocenters. The first-order chi connectivity index (χ1) is 12.0. The summed E-state index contributed by atoms with van der Waals surface area (Å²) in [5.41, 5.74) is -0.0314. The van der Waals surface area contributed by atoms with Crippen molar-refractivity contribution in [3.63, 3.8) is 0 Å². The fourth-order valence-electron chi connectivity index (χ4n) is 6.73. The van der Waals surface area contributed by atoms with Crippen LogP contribution in [-0.4, -0.2) is 47.8 Å². The second-order valence-corrected chi connectivity index (χ2v) is 9.33. The number of piperazine rings is 1. The standard InChI is InChI=1S/C21H34N2O2/c1-3-18(4-2)19(24)22-5-7-23(8-6-22)20(25)21-12-15-9-16(13-21)11-17(10-15)14-21/h15-18H,3-14H2,1-2H3. The summed E-state index contributed by atoms with van der Waals surface area (Å²) in [7, 11) is 0. The first kappa shape index (κ1) is 17.4. The third-order valence-corrected chi connectivity index (χ3v) is 7.71. The van der Waals surface area contributed by atoms with E-state index >= 15 is 0 Å². The molecule has 4 bridgehead atoms. The van der Waals surface area contributed by atoms with Crippen molar-refractivity contribution in [1.82, 2.24) is 9.80 Å². The maximum atomic E-state index is 13.4. The first-order valence-electron chi connectivity index (χ1n) is 10.6. The second kappa shape index (κ2) is 6.59. The lowest BCUT2D eigenvalue weighted by atomic mass is 9.49. The fourth-order valence-corrected chi connectivity index (χ4v) is 6.73. The molecule has 0 radical (unpaired) electrons. The van der Waals surface area contributed by atoms with E-state index < -0.39 is 0 Å². The molecule has 0 aromatic carbocycles. The molecular weight excluding hydrogens is 312 g/mol. The Morgan fingerprint density at radius 1 is 0.840 bits per heavy atom. The monoisotopic (exact) mass is 346 g/mol. The fraction of sp³-hybridized carbons (Fsp3) is 0.905. The van der Waals surface area contributed by atoms with Crippen molar-refractivity contribution in [2.45, 2.75) is 65.2 Å². The highest BCUT2D eigenvalue weighted by atomic mass is 16.2. The van der Waals surface area contributed by atoms with Crippen molar-refractivity contribution in [2.24, 2.45) is 29.1 Å². The van der Waals surface area contributed by atoms with Gasteiger partial charge in [0.2, 0.25) is 11.8 Å². The minimum atomic E-state index is -0.0314. The molecule has 1 heterocycles. The van der Waals surface area contributed by atoms with E-state index in [1.807, 2.05) is 4.90 Å². The van der Waals surface area contributed by atoms with E-state index in [2.05, 4.69) is 18.7 Å². The molecule has 5 aliphatic rings. The molecule has 2 amide bonds. The van der Waals surface area contributed by atoms with Crippen molar-refractivity contribution in [2.75, 3.05) is 26.2 Å². The molecule has 0 atom stereocenters. The molecule has 4 heteroatoms. The number of hydrogen-bond donors (Lipinski definition) is 0. The van der Waals surface area contributed by atoms with Crippen LogP contribution in [0.1, 0.15) is 65.2 Å². The van der Waals surface area contributed by atoms with Gasteiger partial charge in [0.1, 0.15) is 0 Å². The Balaban J connectivity index is 1.38. The summed E-state index contributed by atoms with van der Waals surface area (Å²) in [6, 6.07) is 0. The van der Waals surface area contributed by atoms with Gasteiger partial charge in [-0.15, -0.1) is 0 Å². The van der Waals surface area contributed by atoms with Crippen LogP contribution < -0.4 is 0 Å². The average molecular weight is 347 g/mol. The van der Waals surface area contributed by atoms with Crippen LogP contribution in [0.25, 0.3) is 0 Å². The summed E-state index contributed by atoms with van der Waals surface area (Å²) in [6.07, 6.45) is 9.41. The zero-order valence-electron chi connectivity index (χ0n) is 16.0. The summed E-state index contributed by atoms with van der Waals surface area (Å²) < 4.78 is 0. The Kier molecular flexibility index (Phi) is 4.57. The van der Waals surface area contributed by atoms with E-state index in [0.29, 0.717) is 11.8 Å². The molecule has 25 heavy (non-hydrogen) atoms. The minimum absolute atomic E-state index is 0.0314.